The molecule has 0 aliphatic heterocycles. The largest absolute Gasteiger partial charge is 0.691 e. The minimum absolute atomic E-state index is 0.0888. The van der Waals surface area contributed by atoms with Crippen LogP contribution in [-0.4, -0.2) is 29.2 Å². The Hall–Kier alpha value is 0.01000. The van der Waals surface area contributed by atoms with Gasteiger partial charge < -0.3 is 15.1 Å². The summed E-state index contributed by atoms with van der Waals surface area (Å²) in [7, 11) is 0. The number of aliphatic hydroxyl groups is 1. The van der Waals surface area contributed by atoms with Crippen molar-refractivity contribution in [3.05, 3.63) is 0 Å². The lowest BCUT2D eigenvalue weighted by molar-refractivity contribution is -0.777. The Kier molecular flexibility index (Phi) is 4.95. The van der Waals surface area contributed by atoms with Gasteiger partial charge in [-0.15, -0.1) is 0 Å². The zero-order valence-electron chi connectivity index (χ0n) is 13.1. The number of hydrogen-bond donors (Lipinski definition) is 1. The van der Waals surface area contributed by atoms with Gasteiger partial charge in [0.2, 0.25) is 0 Å². The van der Waals surface area contributed by atoms with Crippen molar-refractivity contribution in [1.29, 1.82) is 0 Å². The minimum atomic E-state index is -3.32. The van der Waals surface area contributed by atoms with Gasteiger partial charge in [0.1, 0.15) is 18.6 Å². The lowest BCUT2D eigenvalue weighted by atomic mass is 9.44. The van der Waals surface area contributed by atoms with Crippen LogP contribution in [0, 0.1) is 23.2 Å². The van der Waals surface area contributed by atoms with Gasteiger partial charge in [-0.3, -0.25) is 5.04 Å². The highest BCUT2D eigenvalue weighted by molar-refractivity contribution is 7.95. The van der Waals surface area contributed by atoms with Crippen molar-refractivity contribution in [3.63, 3.8) is 0 Å². The third-order valence-corrected chi connectivity index (χ3v) is 6.64. The van der Waals surface area contributed by atoms with Crippen molar-refractivity contribution in [2.24, 2.45) is 23.2 Å². The smallest absolute Gasteiger partial charge is 0.343 e. The van der Waals surface area contributed by atoms with E-state index >= 15 is 0 Å². The van der Waals surface area contributed by atoms with Gasteiger partial charge in [-0.1, -0.05) is 6.92 Å². The van der Waals surface area contributed by atoms with Crippen LogP contribution in [0.4, 0.5) is 8.78 Å². The van der Waals surface area contributed by atoms with Gasteiger partial charge in [-0.2, -0.15) is 13.1 Å². The summed E-state index contributed by atoms with van der Waals surface area (Å²) in [6, 6.07) is 0. The normalized spacial score (nSPS) is 42.4. The summed E-state index contributed by atoms with van der Waals surface area (Å²) in [5.41, 5.74) is -0.673. The summed E-state index contributed by atoms with van der Waals surface area (Å²) >= 11 is -0.334. The van der Waals surface area contributed by atoms with Crippen molar-refractivity contribution >= 4 is 12.0 Å². The van der Waals surface area contributed by atoms with Crippen molar-refractivity contribution in [3.8, 4) is 0 Å². The van der Waals surface area contributed by atoms with Crippen molar-refractivity contribution in [2.75, 3.05) is 13.2 Å². The quantitative estimate of drug-likeness (QED) is 0.411. The van der Waals surface area contributed by atoms with E-state index in [9.17, 15) is 19.1 Å². The maximum atomic E-state index is 13.4. The Morgan fingerprint density at radius 1 is 1.26 bits per heavy atom. The molecular weight excluding hydrogens is 330 g/mol. The molecule has 5 nitrogen and oxygen atoms in total. The molecule has 0 heterocycles. The van der Waals surface area contributed by atoms with Crippen LogP contribution in [0.15, 0.2) is 0 Å². The molecule has 4 aliphatic rings. The molecular formula is C15H23F2O5S-. The standard InChI is InChI=1S/C15H24F2O5S/c1-2-14(18)11-3-10-4-12(14)7-13(5-10,6-11)8-20-9-15(16,17)23-22-21-19/h10-12,18-19H,2-9H2,1H3/p-1. The molecule has 0 spiro atoms. The SMILES string of the molecule is CCC1(O)C2CC3CC1CC(COCC(F)(F)SOO[O-])(C3)C2. The summed E-state index contributed by atoms with van der Waals surface area (Å²) in [6.07, 6.45) is 5.55. The Labute approximate surface area is 138 Å². The van der Waals surface area contributed by atoms with Gasteiger partial charge in [0.25, 0.3) is 0 Å². The molecule has 4 rings (SSSR count). The molecule has 2 unspecified atom stereocenters. The van der Waals surface area contributed by atoms with E-state index in [0.717, 1.165) is 38.5 Å². The molecule has 1 N–H and O–H groups in total. The molecule has 4 fully saturated rings. The van der Waals surface area contributed by atoms with Crippen LogP contribution in [-0.2, 0) is 14.1 Å². The van der Waals surface area contributed by atoms with Crippen molar-refractivity contribution in [1.82, 2.24) is 0 Å². The van der Waals surface area contributed by atoms with Gasteiger partial charge in [0.05, 0.1) is 12.2 Å². The summed E-state index contributed by atoms with van der Waals surface area (Å²) < 4.78 is 35.8. The fraction of sp³-hybridized carbons (Fsp3) is 1.00. The highest BCUT2D eigenvalue weighted by Crippen LogP contribution is 2.64. The second-order valence-corrected chi connectivity index (χ2v) is 8.44. The summed E-state index contributed by atoms with van der Waals surface area (Å²) in [5.74, 6) is 1.10. The summed E-state index contributed by atoms with van der Waals surface area (Å²) in [5, 5.41) is 20.2. The van der Waals surface area contributed by atoms with E-state index in [1.807, 2.05) is 6.92 Å². The molecule has 4 aliphatic carbocycles. The molecule has 4 saturated carbocycles. The molecule has 23 heavy (non-hydrogen) atoms. The fourth-order valence-corrected chi connectivity index (χ4v) is 5.72. The van der Waals surface area contributed by atoms with Gasteiger partial charge in [-0.25, -0.2) is 0 Å². The lowest BCUT2D eigenvalue weighted by Gasteiger charge is -2.63. The molecule has 0 aromatic carbocycles. The van der Waals surface area contributed by atoms with Crippen LogP contribution in [0.25, 0.3) is 0 Å². The van der Waals surface area contributed by atoms with Crippen molar-refractivity contribution in [2.45, 2.75) is 56.3 Å². The second-order valence-electron chi connectivity index (χ2n) is 7.54. The predicted molar refractivity (Wildman–Crippen MR) is 76.8 cm³/mol. The number of halogens is 2. The van der Waals surface area contributed by atoms with E-state index < -0.39 is 17.5 Å². The molecule has 2 atom stereocenters. The Bertz CT molecular complexity index is 420. The van der Waals surface area contributed by atoms with Crippen LogP contribution < -0.4 is 5.26 Å². The fourth-order valence-electron chi connectivity index (χ4n) is 5.47. The van der Waals surface area contributed by atoms with E-state index in [1.54, 1.807) is 0 Å². The van der Waals surface area contributed by atoms with Gasteiger partial charge in [-0.05, 0) is 61.7 Å². The number of alkyl halides is 2. The van der Waals surface area contributed by atoms with E-state index in [2.05, 4.69) is 9.37 Å². The molecule has 4 bridgehead atoms. The maximum Gasteiger partial charge on any atom is 0.343 e. The second kappa shape index (κ2) is 6.38. The van der Waals surface area contributed by atoms with E-state index in [-0.39, 0.29) is 35.9 Å². The molecule has 0 aromatic heterocycles. The number of rotatable bonds is 8. The highest BCUT2D eigenvalue weighted by Gasteiger charge is 2.60. The minimum Gasteiger partial charge on any atom is -0.691 e. The third-order valence-electron chi connectivity index (χ3n) is 6.16. The van der Waals surface area contributed by atoms with Crippen LogP contribution in [0.2, 0.25) is 0 Å². The van der Waals surface area contributed by atoms with Gasteiger partial charge >= 0.3 is 5.25 Å². The van der Waals surface area contributed by atoms with Crippen LogP contribution in [0.5, 0.6) is 0 Å². The average molecular weight is 353 g/mol. The zero-order valence-corrected chi connectivity index (χ0v) is 13.9. The number of hydrogen-bond acceptors (Lipinski definition) is 6. The first-order valence-electron chi connectivity index (χ1n) is 8.15. The van der Waals surface area contributed by atoms with E-state index in [4.69, 9.17) is 4.74 Å². The van der Waals surface area contributed by atoms with Crippen LogP contribution >= 0.6 is 12.0 Å². The first kappa shape index (κ1) is 17.8. The van der Waals surface area contributed by atoms with E-state index in [1.165, 1.54) is 0 Å². The molecule has 0 amide bonds. The Morgan fingerprint density at radius 3 is 2.48 bits per heavy atom. The molecule has 8 heteroatoms. The Morgan fingerprint density at radius 2 is 1.91 bits per heavy atom. The molecule has 0 saturated heterocycles. The van der Waals surface area contributed by atoms with Crippen LogP contribution in [0.1, 0.15) is 45.4 Å². The first-order valence-corrected chi connectivity index (χ1v) is 8.89. The summed E-state index contributed by atoms with van der Waals surface area (Å²) in [6.45, 7) is 1.48. The third kappa shape index (κ3) is 3.39. The number of ether oxygens (including phenoxy) is 1. The molecule has 0 aromatic rings. The monoisotopic (exact) mass is 353 g/mol. The lowest BCUT2D eigenvalue weighted by Crippen LogP contribution is -2.61. The average Bonchev–Trinajstić information content (AvgIpc) is 2.49. The van der Waals surface area contributed by atoms with Gasteiger partial charge in [0.15, 0.2) is 0 Å². The zero-order chi connectivity index (χ0) is 16.7. The highest BCUT2D eigenvalue weighted by atomic mass is 32.2. The molecule has 134 valence electrons. The van der Waals surface area contributed by atoms with Crippen LogP contribution in [0.3, 0.4) is 0 Å². The van der Waals surface area contributed by atoms with E-state index in [0.29, 0.717) is 5.92 Å². The predicted octanol–water partition coefficient (Wildman–Crippen LogP) is 2.43. The summed E-state index contributed by atoms with van der Waals surface area (Å²) in [4.78, 5) is 0. The first-order chi connectivity index (χ1) is 10.8. The van der Waals surface area contributed by atoms with Crippen molar-refractivity contribution < 1.29 is 33.3 Å². The topological polar surface area (TPSA) is 71.0 Å². The molecule has 0 radical (unpaired) electrons. The Balaban J connectivity index is 1.57. The maximum absolute atomic E-state index is 13.4. The van der Waals surface area contributed by atoms with Gasteiger partial charge in [0, 0.05) is 0 Å².